The second-order valence-electron chi connectivity index (χ2n) is 19.4. The van der Waals surface area contributed by atoms with Gasteiger partial charge >= 0.3 is 11.9 Å². The van der Waals surface area contributed by atoms with Gasteiger partial charge in [-0.15, -0.1) is 0 Å². The molecule has 2 aliphatic heterocycles. The normalized spacial score (nSPS) is 25.6. The Morgan fingerprint density at radius 3 is 1.43 bits per heavy atom. The SMILES string of the molecule is CCCCC/C=C/C/C=C/CCCCCCCCCCCC(=O)OC[C@@H](CO[C@@H]1O[C@H](CO[C@@H]2O[C@H](CO)[C@H](O)C(O)C2O)[C@H](O)C(O)C1O)OC(=O)CC/C=C/CCCCCCCCCCCCC. The number of hydrogen-bond donors (Lipinski definition) is 7. The highest BCUT2D eigenvalue weighted by molar-refractivity contribution is 5.70. The van der Waals surface area contributed by atoms with E-state index in [0.29, 0.717) is 12.8 Å². The maximum atomic E-state index is 13.0. The van der Waals surface area contributed by atoms with E-state index in [-0.39, 0.29) is 19.4 Å². The summed E-state index contributed by atoms with van der Waals surface area (Å²) in [4.78, 5) is 25.8. The molecule has 2 fully saturated rings. The van der Waals surface area contributed by atoms with Gasteiger partial charge in [0.2, 0.25) is 0 Å². The monoisotopic (exact) mass is 999 g/mol. The van der Waals surface area contributed by atoms with Crippen LogP contribution in [0.4, 0.5) is 0 Å². The maximum absolute atomic E-state index is 13.0. The van der Waals surface area contributed by atoms with Crippen molar-refractivity contribution in [1.29, 1.82) is 0 Å². The van der Waals surface area contributed by atoms with Crippen molar-refractivity contribution in [2.45, 2.75) is 274 Å². The molecule has 4 unspecified atom stereocenters. The Morgan fingerprint density at radius 2 is 0.886 bits per heavy atom. The van der Waals surface area contributed by atoms with Crippen molar-refractivity contribution in [3.05, 3.63) is 36.5 Å². The van der Waals surface area contributed by atoms with Crippen LogP contribution in [0.1, 0.15) is 206 Å². The van der Waals surface area contributed by atoms with Gasteiger partial charge in [-0.3, -0.25) is 9.59 Å². The number of allylic oxidation sites excluding steroid dienone is 6. The Morgan fingerprint density at radius 1 is 0.457 bits per heavy atom. The van der Waals surface area contributed by atoms with Gasteiger partial charge in [-0.25, -0.2) is 0 Å². The minimum absolute atomic E-state index is 0.0821. The van der Waals surface area contributed by atoms with Crippen LogP contribution in [0, 0.1) is 0 Å². The molecule has 15 nitrogen and oxygen atoms in total. The smallest absolute Gasteiger partial charge is 0.306 e. The molecule has 0 radical (unpaired) electrons. The van der Waals surface area contributed by atoms with E-state index in [1.54, 1.807) is 0 Å². The van der Waals surface area contributed by atoms with Crippen molar-refractivity contribution in [3.63, 3.8) is 0 Å². The maximum Gasteiger partial charge on any atom is 0.306 e. The van der Waals surface area contributed by atoms with Crippen molar-refractivity contribution in [2.24, 2.45) is 0 Å². The molecule has 7 N–H and O–H groups in total. The fourth-order valence-electron chi connectivity index (χ4n) is 8.56. The lowest BCUT2D eigenvalue weighted by atomic mass is 9.98. The highest BCUT2D eigenvalue weighted by atomic mass is 16.7. The number of esters is 2. The first-order chi connectivity index (χ1) is 34.0. The lowest BCUT2D eigenvalue weighted by Gasteiger charge is -2.42. The van der Waals surface area contributed by atoms with Gasteiger partial charge in [0.05, 0.1) is 19.8 Å². The largest absolute Gasteiger partial charge is 0.462 e. The van der Waals surface area contributed by atoms with Gasteiger partial charge in [0, 0.05) is 12.8 Å². The third-order valence-electron chi connectivity index (χ3n) is 13.1. The molecule has 15 heteroatoms. The van der Waals surface area contributed by atoms with Crippen molar-refractivity contribution < 1.29 is 73.8 Å². The Balaban J connectivity index is 1.78. The third-order valence-corrected chi connectivity index (χ3v) is 13.1. The van der Waals surface area contributed by atoms with Crippen molar-refractivity contribution >= 4 is 11.9 Å². The number of aliphatic hydroxyl groups is 7. The Hall–Kier alpha value is -2.28. The van der Waals surface area contributed by atoms with Crippen LogP contribution in [-0.4, -0.2) is 142 Å². The first-order valence-electron chi connectivity index (χ1n) is 27.6. The van der Waals surface area contributed by atoms with E-state index in [1.807, 2.05) is 6.08 Å². The summed E-state index contributed by atoms with van der Waals surface area (Å²) in [5.74, 6) is -0.981. The predicted octanol–water partition coefficient (Wildman–Crippen LogP) is 8.49. The van der Waals surface area contributed by atoms with Crippen molar-refractivity contribution in [1.82, 2.24) is 0 Å². The summed E-state index contributed by atoms with van der Waals surface area (Å²) in [6.07, 6.45) is 28.9. The predicted molar refractivity (Wildman–Crippen MR) is 270 cm³/mol. The molecule has 0 aromatic heterocycles. The number of ether oxygens (including phenoxy) is 6. The standard InChI is InChI=1S/C55H98O15/c1-3-5-7-9-11-13-15-17-19-20-21-22-24-25-27-29-31-33-35-37-46(57)65-40-43(68-47(58)38-36-34-32-30-28-26-23-18-16-14-12-10-8-6-4-2)41-66-54-53(64)51(62)49(60)45(70-54)42-67-55-52(63)50(61)48(59)44(39-56)69-55/h11,13,17,19,32,34,43-45,48-56,59-64H,3-10,12,14-16,18,20-31,33,35-42H2,1-2H3/b13-11+,19-17+,34-32+/t43-,44+,45+,48-,49-,50?,51?,52?,53?,54+,55+/m0/s1. The molecule has 0 bridgehead atoms. The minimum Gasteiger partial charge on any atom is -0.462 e. The second kappa shape index (κ2) is 42.1. The number of carbonyl (C=O) groups is 2. The van der Waals surface area contributed by atoms with Crippen LogP contribution in [0.25, 0.3) is 0 Å². The Kier molecular flexibility index (Phi) is 38.4. The van der Waals surface area contributed by atoms with E-state index in [2.05, 4.69) is 44.2 Å². The minimum atomic E-state index is -1.77. The molecule has 0 aromatic carbocycles. The average Bonchev–Trinajstić information content (AvgIpc) is 3.35. The molecule has 0 aromatic rings. The summed E-state index contributed by atoms with van der Waals surface area (Å²) in [6, 6.07) is 0. The van der Waals surface area contributed by atoms with Crippen LogP contribution < -0.4 is 0 Å². The first kappa shape index (κ1) is 63.8. The Bertz CT molecular complexity index is 1360. The van der Waals surface area contributed by atoms with Gasteiger partial charge in [-0.05, 0) is 57.8 Å². The summed E-state index contributed by atoms with van der Waals surface area (Å²) in [5, 5.41) is 72.2. The summed E-state index contributed by atoms with van der Waals surface area (Å²) in [7, 11) is 0. The van der Waals surface area contributed by atoms with E-state index in [1.165, 1.54) is 122 Å². The number of unbranched alkanes of at least 4 members (excludes halogenated alkanes) is 23. The fourth-order valence-corrected chi connectivity index (χ4v) is 8.56. The van der Waals surface area contributed by atoms with Gasteiger partial charge in [-0.2, -0.15) is 0 Å². The van der Waals surface area contributed by atoms with Crippen LogP contribution in [0.15, 0.2) is 36.5 Å². The van der Waals surface area contributed by atoms with Crippen LogP contribution in [-0.2, 0) is 38.0 Å². The van der Waals surface area contributed by atoms with Crippen LogP contribution >= 0.6 is 0 Å². The fraction of sp³-hybridized carbons (Fsp3) is 0.855. The van der Waals surface area contributed by atoms with Crippen molar-refractivity contribution in [2.75, 3.05) is 26.4 Å². The number of carbonyl (C=O) groups excluding carboxylic acids is 2. The number of hydrogen-bond acceptors (Lipinski definition) is 15. The van der Waals surface area contributed by atoms with Gasteiger partial charge in [0.1, 0.15) is 55.4 Å². The molecular weight excluding hydrogens is 901 g/mol. The van der Waals surface area contributed by atoms with E-state index in [4.69, 9.17) is 28.4 Å². The third kappa shape index (κ3) is 29.4. The van der Waals surface area contributed by atoms with E-state index >= 15 is 0 Å². The topological polar surface area (TPSA) is 231 Å². The lowest BCUT2D eigenvalue weighted by Crippen LogP contribution is -2.61. The zero-order valence-electron chi connectivity index (χ0n) is 43.3. The molecule has 2 saturated heterocycles. The zero-order chi connectivity index (χ0) is 51.0. The Labute approximate surface area is 421 Å². The molecule has 70 heavy (non-hydrogen) atoms. The molecule has 0 spiro atoms. The highest BCUT2D eigenvalue weighted by Gasteiger charge is 2.47. The molecule has 0 amide bonds. The zero-order valence-corrected chi connectivity index (χ0v) is 43.3. The van der Waals surface area contributed by atoms with Gasteiger partial charge in [0.25, 0.3) is 0 Å². The molecule has 0 saturated carbocycles. The quantitative estimate of drug-likeness (QED) is 0.0173. The summed E-state index contributed by atoms with van der Waals surface area (Å²) >= 11 is 0. The molecule has 2 rings (SSSR count). The lowest BCUT2D eigenvalue weighted by molar-refractivity contribution is -0.332. The van der Waals surface area contributed by atoms with Gasteiger partial charge in [0.15, 0.2) is 18.7 Å². The van der Waals surface area contributed by atoms with Gasteiger partial charge < -0.3 is 64.2 Å². The van der Waals surface area contributed by atoms with Gasteiger partial charge in [-0.1, -0.05) is 172 Å². The molecule has 11 atom stereocenters. The van der Waals surface area contributed by atoms with Crippen LogP contribution in [0.2, 0.25) is 0 Å². The molecule has 408 valence electrons. The number of rotatable bonds is 43. The molecular formula is C55H98O15. The molecule has 2 heterocycles. The van der Waals surface area contributed by atoms with E-state index in [0.717, 1.165) is 44.9 Å². The average molecular weight is 999 g/mol. The highest BCUT2D eigenvalue weighted by Crippen LogP contribution is 2.26. The summed E-state index contributed by atoms with van der Waals surface area (Å²) in [5.41, 5.74) is 0. The van der Waals surface area contributed by atoms with Crippen LogP contribution in [0.3, 0.4) is 0 Å². The number of aliphatic hydroxyl groups excluding tert-OH is 7. The van der Waals surface area contributed by atoms with E-state index < -0.39 is 99.3 Å². The molecule has 2 aliphatic rings. The summed E-state index contributed by atoms with van der Waals surface area (Å²) in [6.45, 7) is 2.54. The van der Waals surface area contributed by atoms with Crippen LogP contribution in [0.5, 0.6) is 0 Å². The van der Waals surface area contributed by atoms with Crippen molar-refractivity contribution in [3.8, 4) is 0 Å². The first-order valence-corrected chi connectivity index (χ1v) is 27.6. The second-order valence-corrected chi connectivity index (χ2v) is 19.4. The molecule has 0 aliphatic carbocycles. The van der Waals surface area contributed by atoms with E-state index in [9.17, 15) is 45.3 Å². The summed E-state index contributed by atoms with van der Waals surface area (Å²) < 4.78 is 33.6.